The molecule has 10 heteroatoms. The number of rotatable bonds is 4. The number of ether oxygens (including phenoxy) is 1. The van der Waals surface area contributed by atoms with Crippen LogP contribution in [0.5, 0.6) is 11.5 Å². The number of para-hydroxylation sites is 1. The first-order valence-electron chi connectivity index (χ1n) is 7.17. The first-order valence-corrected chi connectivity index (χ1v) is 8.66. The van der Waals surface area contributed by atoms with Gasteiger partial charge in [-0.1, -0.05) is 29.4 Å². The molecule has 2 aromatic carbocycles. The minimum absolute atomic E-state index is 0.120. The summed E-state index contributed by atoms with van der Waals surface area (Å²) in [5.74, 6) is 0.290. The average molecular weight is 384 g/mol. The van der Waals surface area contributed by atoms with Crippen molar-refractivity contribution in [3.8, 4) is 22.9 Å². The fourth-order valence-electron chi connectivity index (χ4n) is 2.12. The van der Waals surface area contributed by atoms with Crippen LogP contribution in [0.1, 0.15) is 5.89 Å². The van der Waals surface area contributed by atoms with Crippen molar-refractivity contribution in [2.24, 2.45) is 0 Å². The van der Waals surface area contributed by atoms with Crippen molar-refractivity contribution in [1.29, 1.82) is 0 Å². The molecule has 1 aromatic heterocycles. The quantitative estimate of drug-likeness (QED) is 0.673. The van der Waals surface area contributed by atoms with E-state index in [2.05, 4.69) is 10.1 Å². The lowest BCUT2D eigenvalue weighted by Gasteiger charge is -2.13. The highest BCUT2D eigenvalue weighted by Crippen LogP contribution is 2.37. The Morgan fingerprint density at radius 2 is 1.81 bits per heavy atom. The van der Waals surface area contributed by atoms with Gasteiger partial charge in [-0.2, -0.15) is 18.2 Å². The molecule has 136 valence electrons. The van der Waals surface area contributed by atoms with Gasteiger partial charge >= 0.3 is 5.51 Å². The summed E-state index contributed by atoms with van der Waals surface area (Å²) in [6.07, 6.45) is 0. The summed E-state index contributed by atoms with van der Waals surface area (Å²) >= 11 is 0. The Morgan fingerprint density at radius 3 is 2.46 bits per heavy atom. The molecule has 0 N–H and O–H groups in total. The predicted molar refractivity (Wildman–Crippen MR) is 84.2 cm³/mol. The van der Waals surface area contributed by atoms with Gasteiger partial charge < -0.3 is 9.26 Å². The second-order valence-electron chi connectivity index (χ2n) is 5.16. The molecular weight excluding hydrogens is 373 g/mol. The molecule has 0 bridgehead atoms. The van der Waals surface area contributed by atoms with Crippen molar-refractivity contribution in [1.82, 2.24) is 10.1 Å². The van der Waals surface area contributed by atoms with Crippen LogP contribution in [0.25, 0.3) is 11.4 Å². The third kappa shape index (κ3) is 3.40. The number of aromatic nitrogens is 2. The highest BCUT2D eigenvalue weighted by molar-refractivity contribution is 7.92. The van der Waals surface area contributed by atoms with Crippen LogP contribution in [0.4, 0.5) is 13.2 Å². The SMILES string of the molecule is Cc1nc(-c2cccc(Oc3ccccc3S(=O)(=O)C(F)(F)F)c2)no1. The number of halogens is 3. The highest BCUT2D eigenvalue weighted by atomic mass is 32.2. The zero-order chi connectivity index (χ0) is 18.9. The van der Waals surface area contributed by atoms with Gasteiger partial charge in [0.05, 0.1) is 0 Å². The van der Waals surface area contributed by atoms with Crippen LogP contribution in [0, 0.1) is 6.92 Å². The van der Waals surface area contributed by atoms with Crippen LogP contribution >= 0.6 is 0 Å². The van der Waals surface area contributed by atoms with Crippen molar-refractivity contribution < 1.29 is 30.8 Å². The molecular formula is C16H11F3N2O4S. The summed E-state index contributed by atoms with van der Waals surface area (Å²) in [5, 5.41) is 3.74. The van der Waals surface area contributed by atoms with Gasteiger partial charge in [-0.3, -0.25) is 0 Å². The Hall–Kier alpha value is -2.88. The summed E-state index contributed by atoms with van der Waals surface area (Å²) in [6.45, 7) is 1.61. The number of benzene rings is 2. The standard InChI is InChI=1S/C16H11F3N2O4S/c1-10-20-15(21-25-10)11-5-4-6-12(9-11)24-13-7-2-3-8-14(13)26(22,23)16(17,18)19/h2-9H,1H3. The van der Waals surface area contributed by atoms with Gasteiger partial charge in [0.25, 0.3) is 9.84 Å². The molecule has 0 saturated carbocycles. The predicted octanol–water partition coefficient (Wildman–Crippen LogP) is 4.13. The Labute approximate surface area is 146 Å². The van der Waals surface area contributed by atoms with Gasteiger partial charge in [0.1, 0.15) is 16.4 Å². The van der Waals surface area contributed by atoms with Crippen LogP contribution in [0.15, 0.2) is 57.9 Å². The lowest BCUT2D eigenvalue weighted by molar-refractivity contribution is -0.0436. The van der Waals surface area contributed by atoms with E-state index in [0.29, 0.717) is 11.5 Å². The summed E-state index contributed by atoms with van der Waals surface area (Å²) in [7, 11) is -5.55. The Kier molecular flexibility index (Phi) is 4.45. The third-order valence-corrected chi connectivity index (χ3v) is 4.82. The molecule has 0 atom stereocenters. The average Bonchev–Trinajstić information content (AvgIpc) is 3.01. The maximum absolute atomic E-state index is 12.9. The second kappa shape index (κ2) is 6.45. The maximum Gasteiger partial charge on any atom is 0.502 e. The van der Waals surface area contributed by atoms with Crippen LogP contribution in [-0.4, -0.2) is 24.1 Å². The summed E-state index contributed by atoms with van der Waals surface area (Å²) in [5.41, 5.74) is -4.94. The normalized spacial score (nSPS) is 12.2. The third-order valence-electron chi connectivity index (χ3n) is 3.29. The zero-order valence-electron chi connectivity index (χ0n) is 13.2. The number of aryl methyl sites for hydroxylation is 1. The molecule has 3 rings (SSSR count). The van der Waals surface area contributed by atoms with Gasteiger partial charge in [0, 0.05) is 12.5 Å². The van der Waals surface area contributed by atoms with Crippen molar-refractivity contribution in [2.75, 3.05) is 0 Å². The number of nitrogens with zero attached hydrogens (tertiary/aromatic N) is 2. The monoisotopic (exact) mass is 384 g/mol. The zero-order valence-corrected chi connectivity index (χ0v) is 14.0. The van der Waals surface area contributed by atoms with Crippen LogP contribution in [-0.2, 0) is 9.84 Å². The first-order chi connectivity index (χ1) is 12.2. The Balaban J connectivity index is 1.99. The lowest BCUT2D eigenvalue weighted by atomic mass is 10.2. The summed E-state index contributed by atoms with van der Waals surface area (Å²) in [6, 6.07) is 10.7. The minimum atomic E-state index is -5.55. The second-order valence-corrected chi connectivity index (χ2v) is 7.07. The smallest absolute Gasteiger partial charge is 0.456 e. The molecule has 0 aliphatic carbocycles. The van der Waals surface area contributed by atoms with Gasteiger partial charge in [-0.15, -0.1) is 0 Å². The first kappa shape index (κ1) is 17.9. The molecule has 0 amide bonds. The Bertz CT molecular complexity index is 1050. The minimum Gasteiger partial charge on any atom is -0.456 e. The highest BCUT2D eigenvalue weighted by Gasteiger charge is 2.48. The van der Waals surface area contributed by atoms with Crippen molar-refractivity contribution in [3.63, 3.8) is 0 Å². The fraction of sp³-hybridized carbons (Fsp3) is 0.125. The summed E-state index contributed by atoms with van der Waals surface area (Å²) in [4.78, 5) is 3.08. The number of hydrogen-bond acceptors (Lipinski definition) is 6. The van der Waals surface area contributed by atoms with E-state index >= 15 is 0 Å². The van der Waals surface area contributed by atoms with Crippen LogP contribution < -0.4 is 4.74 Å². The molecule has 3 aromatic rings. The van der Waals surface area contributed by atoms with E-state index in [4.69, 9.17) is 9.26 Å². The van der Waals surface area contributed by atoms with Gasteiger partial charge in [0.15, 0.2) is 0 Å². The van der Waals surface area contributed by atoms with Crippen molar-refractivity contribution >= 4 is 9.84 Å². The van der Waals surface area contributed by atoms with E-state index < -0.39 is 26.0 Å². The van der Waals surface area contributed by atoms with Gasteiger partial charge in [0.2, 0.25) is 11.7 Å². The fourth-order valence-corrected chi connectivity index (χ4v) is 3.00. The van der Waals surface area contributed by atoms with E-state index in [1.165, 1.54) is 24.3 Å². The van der Waals surface area contributed by atoms with Gasteiger partial charge in [-0.05, 0) is 24.3 Å². The van der Waals surface area contributed by atoms with Crippen molar-refractivity contribution in [2.45, 2.75) is 17.3 Å². The summed E-state index contributed by atoms with van der Waals surface area (Å²) < 4.78 is 72.3. The van der Waals surface area contributed by atoms with Gasteiger partial charge in [-0.25, -0.2) is 8.42 Å². The molecule has 1 heterocycles. The molecule has 0 saturated heterocycles. The van der Waals surface area contributed by atoms with Crippen molar-refractivity contribution in [3.05, 3.63) is 54.4 Å². The van der Waals surface area contributed by atoms with E-state index in [9.17, 15) is 21.6 Å². The van der Waals surface area contributed by atoms with Crippen LogP contribution in [0.3, 0.4) is 0 Å². The molecule has 6 nitrogen and oxygen atoms in total. The molecule has 0 spiro atoms. The van der Waals surface area contributed by atoms with E-state index in [1.807, 2.05) is 0 Å². The molecule has 0 aliphatic heterocycles. The number of hydrogen-bond donors (Lipinski definition) is 0. The molecule has 0 fully saturated rings. The number of sulfone groups is 1. The molecule has 0 radical (unpaired) electrons. The number of alkyl halides is 3. The molecule has 26 heavy (non-hydrogen) atoms. The topological polar surface area (TPSA) is 82.3 Å². The maximum atomic E-state index is 12.9. The van der Waals surface area contributed by atoms with E-state index in [-0.39, 0.29) is 11.6 Å². The molecule has 0 unspecified atom stereocenters. The molecule has 0 aliphatic rings. The largest absolute Gasteiger partial charge is 0.502 e. The van der Waals surface area contributed by atoms with Crippen LogP contribution in [0.2, 0.25) is 0 Å². The van der Waals surface area contributed by atoms with E-state index in [0.717, 1.165) is 12.1 Å². The van der Waals surface area contributed by atoms with E-state index in [1.54, 1.807) is 19.1 Å². The lowest BCUT2D eigenvalue weighted by Crippen LogP contribution is -2.23. The Morgan fingerprint density at radius 1 is 1.08 bits per heavy atom.